The molecule has 96 valence electrons. The van der Waals surface area contributed by atoms with Gasteiger partial charge < -0.3 is 15.4 Å². The summed E-state index contributed by atoms with van der Waals surface area (Å²) in [7, 11) is 1.67. The fourth-order valence-electron chi connectivity index (χ4n) is 1.27. The molecule has 0 aliphatic carbocycles. The van der Waals surface area contributed by atoms with E-state index in [4.69, 9.17) is 4.74 Å². The summed E-state index contributed by atoms with van der Waals surface area (Å²) in [5.74, 6) is 0.0119. The summed E-state index contributed by atoms with van der Waals surface area (Å²) in [4.78, 5) is 13.6. The molecule has 1 rings (SSSR count). The molecule has 0 unspecified atom stereocenters. The highest BCUT2D eigenvalue weighted by atomic mass is 32.2. The Morgan fingerprint density at radius 1 is 1.47 bits per heavy atom. The SMILES string of the molecule is COCCNCCNC(=O)c1sccc1SC. The van der Waals surface area contributed by atoms with Crippen LogP contribution in [0.4, 0.5) is 0 Å². The molecule has 0 radical (unpaired) electrons. The van der Waals surface area contributed by atoms with Crippen molar-refractivity contribution in [2.45, 2.75) is 4.90 Å². The van der Waals surface area contributed by atoms with E-state index in [9.17, 15) is 4.79 Å². The first-order chi connectivity index (χ1) is 8.29. The van der Waals surface area contributed by atoms with Gasteiger partial charge in [-0.15, -0.1) is 23.1 Å². The van der Waals surface area contributed by atoms with Crippen molar-refractivity contribution in [3.8, 4) is 0 Å². The monoisotopic (exact) mass is 274 g/mol. The molecule has 17 heavy (non-hydrogen) atoms. The van der Waals surface area contributed by atoms with Crippen LogP contribution >= 0.6 is 23.1 Å². The minimum absolute atomic E-state index is 0.0119. The number of carbonyl (C=O) groups is 1. The number of hydrogen-bond acceptors (Lipinski definition) is 5. The normalized spacial score (nSPS) is 10.5. The smallest absolute Gasteiger partial charge is 0.262 e. The van der Waals surface area contributed by atoms with Crippen LogP contribution in [0.15, 0.2) is 16.3 Å². The van der Waals surface area contributed by atoms with Gasteiger partial charge in [0.2, 0.25) is 0 Å². The number of methoxy groups -OCH3 is 1. The van der Waals surface area contributed by atoms with Crippen molar-refractivity contribution in [3.05, 3.63) is 16.3 Å². The van der Waals surface area contributed by atoms with E-state index in [-0.39, 0.29) is 5.91 Å². The van der Waals surface area contributed by atoms with Gasteiger partial charge >= 0.3 is 0 Å². The van der Waals surface area contributed by atoms with Crippen molar-refractivity contribution in [3.63, 3.8) is 0 Å². The molecule has 0 spiro atoms. The lowest BCUT2D eigenvalue weighted by Crippen LogP contribution is -2.32. The first kappa shape index (κ1) is 14.5. The summed E-state index contributed by atoms with van der Waals surface area (Å²) >= 11 is 3.08. The third-order valence-electron chi connectivity index (χ3n) is 2.13. The van der Waals surface area contributed by atoms with Gasteiger partial charge in [0.25, 0.3) is 5.91 Å². The van der Waals surface area contributed by atoms with Crippen molar-refractivity contribution < 1.29 is 9.53 Å². The maximum atomic E-state index is 11.8. The quantitative estimate of drug-likeness (QED) is 0.556. The molecule has 0 fully saturated rings. The number of ether oxygens (including phenoxy) is 1. The Morgan fingerprint density at radius 2 is 2.29 bits per heavy atom. The molecule has 4 nitrogen and oxygen atoms in total. The van der Waals surface area contributed by atoms with Gasteiger partial charge in [-0.3, -0.25) is 4.79 Å². The molecule has 1 amide bonds. The maximum absolute atomic E-state index is 11.8. The Labute approximate surface area is 110 Å². The van der Waals surface area contributed by atoms with Crippen LogP contribution in [0.2, 0.25) is 0 Å². The van der Waals surface area contributed by atoms with Crippen LogP contribution in [0.3, 0.4) is 0 Å². The minimum Gasteiger partial charge on any atom is -0.383 e. The first-order valence-electron chi connectivity index (χ1n) is 5.39. The van der Waals surface area contributed by atoms with Gasteiger partial charge in [0.1, 0.15) is 4.88 Å². The lowest BCUT2D eigenvalue weighted by atomic mass is 10.4. The molecule has 0 aliphatic heterocycles. The Hall–Kier alpha value is -0.560. The van der Waals surface area contributed by atoms with E-state index in [0.717, 1.165) is 22.9 Å². The summed E-state index contributed by atoms with van der Waals surface area (Å²) in [6.45, 7) is 2.89. The highest BCUT2D eigenvalue weighted by Gasteiger charge is 2.11. The van der Waals surface area contributed by atoms with Crippen LogP contribution in [0, 0.1) is 0 Å². The number of hydrogen-bond donors (Lipinski definition) is 2. The summed E-state index contributed by atoms with van der Waals surface area (Å²) in [6, 6.07) is 1.97. The van der Waals surface area contributed by atoms with Gasteiger partial charge in [-0.2, -0.15) is 0 Å². The summed E-state index contributed by atoms with van der Waals surface area (Å²) in [5.41, 5.74) is 0. The predicted octanol–water partition coefficient (Wildman–Crippen LogP) is 1.44. The Balaban J connectivity index is 2.21. The van der Waals surface area contributed by atoms with Crippen molar-refractivity contribution in [1.29, 1.82) is 0 Å². The summed E-state index contributed by atoms with van der Waals surface area (Å²) < 4.78 is 4.91. The van der Waals surface area contributed by atoms with Crippen molar-refractivity contribution in [2.75, 3.05) is 39.6 Å². The second kappa shape index (κ2) is 8.52. The van der Waals surface area contributed by atoms with Crippen molar-refractivity contribution in [2.24, 2.45) is 0 Å². The lowest BCUT2D eigenvalue weighted by Gasteiger charge is -2.06. The molecule has 0 atom stereocenters. The van der Waals surface area contributed by atoms with Gasteiger partial charge in [-0.1, -0.05) is 0 Å². The average Bonchev–Trinajstić information content (AvgIpc) is 2.81. The highest BCUT2D eigenvalue weighted by molar-refractivity contribution is 7.98. The molecule has 0 saturated heterocycles. The zero-order valence-electron chi connectivity index (χ0n) is 10.1. The predicted molar refractivity (Wildman–Crippen MR) is 73.2 cm³/mol. The number of amides is 1. The average molecular weight is 274 g/mol. The Morgan fingerprint density at radius 3 is 3.00 bits per heavy atom. The zero-order chi connectivity index (χ0) is 12.5. The van der Waals surface area contributed by atoms with Gasteiger partial charge in [-0.25, -0.2) is 0 Å². The van der Waals surface area contributed by atoms with Crippen LogP contribution in [0.1, 0.15) is 9.67 Å². The number of thiophene rings is 1. The molecule has 0 aromatic carbocycles. The molecule has 0 bridgehead atoms. The van der Waals surface area contributed by atoms with E-state index in [1.807, 2.05) is 17.7 Å². The van der Waals surface area contributed by atoms with Gasteiger partial charge in [0, 0.05) is 31.6 Å². The third-order valence-corrected chi connectivity index (χ3v) is 3.95. The second-order valence-corrected chi connectivity index (χ2v) is 5.08. The van der Waals surface area contributed by atoms with Crippen LogP contribution < -0.4 is 10.6 Å². The number of thioether (sulfide) groups is 1. The van der Waals surface area contributed by atoms with E-state index in [1.165, 1.54) is 11.3 Å². The minimum atomic E-state index is 0.0119. The number of nitrogens with one attached hydrogen (secondary N) is 2. The molecular weight excluding hydrogens is 256 g/mol. The number of rotatable bonds is 8. The van der Waals surface area contributed by atoms with E-state index < -0.39 is 0 Å². The molecule has 1 aromatic rings. The fraction of sp³-hybridized carbons (Fsp3) is 0.545. The van der Waals surface area contributed by atoms with Gasteiger partial charge in [-0.05, 0) is 17.7 Å². The standard InChI is InChI=1S/C11H18N2O2S2/c1-15-7-6-12-4-5-13-11(14)10-9(16-2)3-8-17-10/h3,8,12H,4-7H2,1-2H3,(H,13,14). The topological polar surface area (TPSA) is 50.4 Å². The lowest BCUT2D eigenvalue weighted by molar-refractivity contribution is 0.0955. The van der Waals surface area contributed by atoms with E-state index in [2.05, 4.69) is 10.6 Å². The maximum Gasteiger partial charge on any atom is 0.262 e. The molecule has 1 aromatic heterocycles. The molecule has 1 heterocycles. The highest BCUT2D eigenvalue weighted by Crippen LogP contribution is 2.25. The zero-order valence-corrected chi connectivity index (χ0v) is 11.7. The summed E-state index contributed by atoms with van der Waals surface area (Å²) in [6.07, 6.45) is 1.98. The molecule has 6 heteroatoms. The van der Waals surface area contributed by atoms with Crippen molar-refractivity contribution in [1.82, 2.24) is 10.6 Å². The van der Waals surface area contributed by atoms with Crippen molar-refractivity contribution >= 4 is 29.0 Å². The Bertz CT molecular complexity index is 342. The largest absolute Gasteiger partial charge is 0.383 e. The van der Waals surface area contributed by atoms with Gasteiger partial charge in [0.05, 0.1) is 6.61 Å². The summed E-state index contributed by atoms with van der Waals surface area (Å²) in [5, 5.41) is 8.01. The second-order valence-electron chi connectivity index (χ2n) is 3.32. The molecular formula is C11H18N2O2S2. The van der Waals surface area contributed by atoms with E-state index >= 15 is 0 Å². The van der Waals surface area contributed by atoms with Crippen LogP contribution in [-0.4, -0.2) is 45.5 Å². The molecule has 2 N–H and O–H groups in total. The van der Waals surface area contributed by atoms with Crippen LogP contribution in [-0.2, 0) is 4.74 Å². The van der Waals surface area contributed by atoms with E-state index in [0.29, 0.717) is 13.2 Å². The molecule has 0 saturated carbocycles. The first-order valence-corrected chi connectivity index (χ1v) is 7.49. The van der Waals surface area contributed by atoms with Crippen LogP contribution in [0.25, 0.3) is 0 Å². The number of carbonyl (C=O) groups excluding carboxylic acids is 1. The fourth-order valence-corrected chi connectivity index (χ4v) is 2.93. The van der Waals surface area contributed by atoms with Crippen LogP contribution in [0.5, 0.6) is 0 Å². The third kappa shape index (κ3) is 5.08. The Kier molecular flexibility index (Phi) is 7.27. The van der Waals surface area contributed by atoms with E-state index in [1.54, 1.807) is 18.9 Å². The molecule has 0 aliphatic rings. The van der Waals surface area contributed by atoms with Gasteiger partial charge in [0.15, 0.2) is 0 Å².